The van der Waals surface area contributed by atoms with Crippen molar-refractivity contribution in [3.05, 3.63) is 183 Å². The molecule has 0 N–H and O–H groups in total. The summed E-state index contributed by atoms with van der Waals surface area (Å²) in [5.41, 5.74) is -27.4. The van der Waals surface area contributed by atoms with Crippen LogP contribution in [0.1, 0.15) is 69.0 Å². The van der Waals surface area contributed by atoms with Crippen molar-refractivity contribution >= 4 is 28.0 Å². The molecule has 394 valence electrons. The van der Waals surface area contributed by atoms with E-state index < -0.39 is 195 Å². The van der Waals surface area contributed by atoms with Crippen LogP contribution < -0.4 is 26.4 Å². The van der Waals surface area contributed by atoms with Gasteiger partial charge in [0.25, 0.3) is 0 Å². The fourth-order valence-corrected chi connectivity index (χ4v) is 7.92. The summed E-state index contributed by atoms with van der Waals surface area (Å²) in [5, 5.41) is 0. The molecule has 0 bridgehead atoms. The van der Waals surface area contributed by atoms with Gasteiger partial charge in [0.1, 0.15) is 6.15 Å². The second-order valence-corrected chi connectivity index (χ2v) is 16.3. The Kier molecular flexibility index (Phi) is 15.9. The molecule has 5 aromatic carbocycles. The zero-order chi connectivity index (χ0) is 55.1. The van der Waals surface area contributed by atoms with E-state index in [1.165, 1.54) is 24.0 Å². The first-order valence-corrected chi connectivity index (χ1v) is 20.5. The Labute approximate surface area is 396 Å². The van der Waals surface area contributed by atoms with Crippen LogP contribution in [-0.4, -0.2) is 6.15 Å². The van der Waals surface area contributed by atoms with Gasteiger partial charge in [0.15, 0.2) is 18.9 Å². The van der Waals surface area contributed by atoms with Crippen LogP contribution in [0.3, 0.4) is 0 Å². The second-order valence-electron chi connectivity index (χ2n) is 16.3. The van der Waals surface area contributed by atoms with Gasteiger partial charge in [-0.05, 0) is 36.2 Å². The van der Waals surface area contributed by atoms with Crippen LogP contribution in [0, 0.1) is 0 Å². The lowest BCUT2D eigenvalue weighted by molar-refractivity contribution is -0.688. The van der Waals surface area contributed by atoms with Crippen LogP contribution in [0.5, 0.6) is 0 Å². The van der Waals surface area contributed by atoms with Gasteiger partial charge in [-0.3, -0.25) is 0 Å². The van der Waals surface area contributed by atoms with Gasteiger partial charge in [-0.1, -0.05) is 92.2 Å². The summed E-state index contributed by atoms with van der Waals surface area (Å²) in [6, 6.07) is 6.29. The van der Waals surface area contributed by atoms with E-state index in [0.29, 0.717) is 0 Å². The summed E-state index contributed by atoms with van der Waals surface area (Å²) in [6.07, 6.45) is -48.2. The largest absolute Gasteiger partial charge is 0.416 e. The Bertz CT molecular complexity index is 2430. The first-order chi connectivity index (χ1) is 33.1. The van der Waals surface area contributed by atoms with Gasteiger partial charge in [0, 0.05) is 17.7 Å². The lowest BCUT2D eigenvalue weighted by atomic mass is 9.12. The molecule has 0 saturated carbocycles. The van der Waals surface area contributed by atoms with Crippen molar-refractivity contribution in [3.8, 4) is 0 Å². The van der Waals surface area contributed by atoms with Gasteiger partial charge in [0.2, 0.25) is 0 Å². The first-order valence-electron chi connectivity index (χ1n) is 20.5. The molecule has 1 aromatic heterocycles. The van der Waals surface area contributed by atoms with Crippen molar-refractivity contribution in [3.63, 3.8) is 0 Å². The van der Waals surface area contributed by atoms with Gasteiger partial charge in [-0.25, -0.2) is 4.57 Å². The maximum absolute atomic E-state index is 14.2. The molecule has 6 rings (SSSR count). The van der Waals surface area contributed by atoms with Gasteiger partial charge in [-0.15, -0.1) is 0 Å². The number of pyridine rings is 1. The number of nitrogens with zero attached hydrogens (tertiary/aromatic N) is 1. The number of benzene rings is 5. The SMILES string of the molecule is CCCc1ccc(C[n+]2ccccc2)cc1.FC(F)(F)c1cc([B-](c2cc(C(F)(F)F)cc(C(F)(F)F)c2)(c2cc(C(F)(F)F)cc(C(F)(F)F)c2)c2cc(C(F)(F)F)cc(C(F)(F)F)c2)cc(C(F)(F)F)c1. The number of hydrogen-bond donors (Lipinski definition) is 0. The summed E-state index contributed by atoms with van der Waals surface area (Å²) in [7, 11) is 0. The Morgan fingerprint density at radius 1 is 0.315 bits per heavy atom. The Hall–Kier alpha value is -6.37. The molecule has 0 fully saturated rings. The first kappa shape index (κ1) is 57.5. The summed E-state index contributed by atoms with van der Waals surface area (Å²) >= 11 is 0. The maximum atomic E-state index is 14.2. The highest BCUT2D eigenvalue weighted by Gasteiger charge is 2.47. The molecule has 0 aliphatic rings. The Morgan fingerprint density at radius 2 is 0.534 bits per heavy atom. The maximum Gasteiger partial charge on any atom is 0.416 e. The van der Waals surface area contributed by atoms with Crippen molar-refractivity contribution in [2.75, 3.05) is 0 Å². The molecule has 0 spiro atoms. The van der Waals surface area contributed by atoms with Gasteiger partial charge < -0.3 is 0 Å². The second kappa shape index (κ2) is 20.2. The van der Waals surface area contributed by atoms with E-state index in [1.54, 1.807) is 0 Å². The van der Waals surface area contributed by atoms with Gasteiger partial charge in [0.05, 0.1) is 44.5 Å². The number of alkyl halides is 24. The molecule has 0 aliphatic carbocycles. The number of hydrogen-bond acceptors (Lipinski definition) is 0. The van der Waals surface area contributed by atoms with E-state index in [0.717, 1.165) is 6.54 Å². The highest BCUT2D eigenvalue weighted by Crippen LogP contribution is 2.41. The molecule has 0 radical (unpaired) electrons. The van der Waals surface area contributed by atoms with E-state index in [1.807, 2.05) is 6.07 Å². The smallest absolute Gasteiger partial charge is 0.201 e. The zero-order valence-electron chi connectivity index (χ0n) is 36.3. The fourth-order valence-electron chi connectivity index (χ4n) is 7.92. The standard InChI is InChI=1S/C32H12BF24.C15H18N/c34-25(35,36)13-1-14(26(37,38)39)6-21(5-13)33(22-7-15(27(40,41)42)2-16(8-22)28(43,44)45,23-9-17(29(46,47)48)3-18(10-23)30(49,50)51)24-11-19(31(52,53)54)4-20(12-24)32(55,56)57;1-2-6-14-7-9-15(10-8-14)13-16-11-4-3-5-12-16/h1-12H;3-5,7-12H,2,6,13H2,1H3/q-1;+1. The molecule has 26 heteroatoms. The van der Waals surface area contributed by atoms with Gasteiger partial charge >= 0.3 is 49.4 Å². The zero-order valence-corrected chi connectivity index (χ0v) is 36.3. The number of halogens is 24. The quantitative estimate of drug-likeness (QED) is 0.0812. The van der Waals surface area contributed by atoms with Crippen LogP contribution in [0.4, 0.5) is 105 Å². The summed E-state index contributed by atoms with van der Waals surface area (Å²) in [5.74, 6) is 0. The number of aryl methyl sites for hydroxylation is 1. The van der Waals surface area contributed by atoms with Crippen LogP contribution in [0.2, 0.25) is 0 Å². The number of rotatable bonds is 8. The van der Waals surface area contributed by atoms with Crippen molar-refractivity contribution < 1.29 is 110 Å². The third kappa shape index (κ3) is 13.8. The number of aromatic nitrogens is 1. The van der Waals surface area contributed by atoms with Gasteiger partial charge in [-0.2, -0.15) is 127 Å². The van der Waals surface area contributed by atoms with Crippen LogP contribution in [0.15, 0.2) is 128 Å². The average Bonchev–Trinajstić information content (AvgIpc) is 3.25. The minimum absolute atomic E-state index is 0.691. The molecule has 0 aliphatic heterocycles. The molecule has 0 saturated heterocycles. The molecule has 0 unspecified atom stereocenters. The predicted molar refractivity (Wildman–Crippen MR) is 216 cm³/mol. The average molecular weight is 1080 g/mol. The highest BCUT2D eigenvalue weighted by atomic mass is 19.4. The molecular weight excluding hydrogens is 1050 g/mol. The molecule has 73 heavy (non-hydrogen) atoms. The minimum Gasteiger partial charge on any atom is -0.201 e. The van der Waals surface area contributed by atoms with Crippen molar-refractivity contribution in [1.82, 2.24) is 0 Å². The van der Waals surface area contributed by atoms with E-state index >= 15 is 0 Å². The normalized spacial score (nSPS) is 13.4. The molecular formula is C47H30BF24N. The topological polar surface area (TPSA) is 3.88 Å². The van der Waals surface area contributed by atoms with Crippen molar-refractivity contribution in [2.24, 2.45) is 0 Å². The molecule has 0 atom stereocenters. The lowest BCUT2D eigenvalue weighted by Crippen LogP contribution is -2.75. The third-order valence-electron chi connectivity index (χ3n) is 11.1. The van der Waals surface area contributed by atoms with Crippen LogP contribution >= 0.6 is 0 Å². The summed E-state index contributed by atoms with van der Waals surface area (Å²) < 4.78 is 343. The molecule has 1 nitrogen and oxygen atoms in total. The Morgan fingerprint density at radius 3 is 0.740 bits per heavy atom. The Balaban J connectivity index is 0.000000520. The molecule has 1 heterocycles. The molecule has 0 amide bonds. The predicted octanol–water partition coefficient (Wildman–Crippen LogP) is 14.2. The van der Waals surface area contributed by atoms with E-state index in [4.69, 9.17) is 0 Å². The van der Waals surface area contributed by atoms with Crippen LogP contribution in [-0.2, 0) is 62.4 Å². The van der Waals surface area contributed by atoms with Crippen molar-refractivity contribution in [2.45, 2.75) is 75.7 Å². The monoisotopic (exact) mass is 1080 g/mol. The van der Waals surface area contributed by atoms with E-state index in [2.05, 4.69) is 60.3 Å². The van der Waals surface area contributed by atoms with E-state index in [9.17, 15) is 105 Å². The van der Waals surface area contributed by atoms with Crippen LogP contribution in [0.25, 0.3) is 0 Å². The molecule has 6 aromatic rings. The van der Waals surface area contributed by atoms with E-state index in [-0.39, 0.29) is 0 Å². The summed E-state index contributed by atoms with van der Waals surface area (Å²) in [6.45, 7) is 3.17. The lowest BCUT2D eigenvalue weighted by Gasteiger charge is -2.46. The summed E-state index contributed by atoms with van der Waals surface area (Å²) in [4.78, 5) is 0. The third-order valence-corrected chi connectivity index (χ3v) is 11.1. The highest BCUT2D eigenvalue weighted by molar-refractivity contribution is 7.20. The fraction of sp³-hybridized carbons (Fsp3) is 0.255. The van der Waals surface area contributed by atoms with Crippen molar-refractivity contribution in [1.29, 1.82) is 0 Å². The minimum atomic E-state index is -6.13.